The Morgan fingerprint density at radius 1 is 0.943 bits per heavy atom. The van der Waals surface area contributed by atoms with Crippen LogP contribution in [0.1, 0.15) is 57.4 Å². The average Bonchev–Trinajstić information content (AvgIpc) is 3.78. The van der Waals surface area contributed by atoms with Gasteiger partial charge in [0.15, 0.2) is 5.96 Å². The number of nitrogens with two attached hydrogens (primary N) is 4. The highest BCUT2D eigenvalue weighted by molar-refractivity contribution is 7.46. The Kier molecular flexibility index (Phi) is 23.0. The number of carbonyl (C=O) groups excluding carboxylic acids is 5. The Balaban J connectivity index is 1.66. The van der Waals surface area contributed by atoms with Gasteiger partial charge in [-0.3, -0.25) is 33.5 Å². The number of amides is 5. The predicted molar refractivity (Wildman–Crippen MR) is 253 cm³/mol. The smallest absolute Gasteiger partial charge is 0.326 e. The molecule has 1 saturated heterocycles. The van der Waals surface area contributed by atoms with Crippen molar-refractivity contribution in [3.8, 4) is 11.5 Å². The quantitative estimate of drug-likeness (QED) is 0.0110. The molecule has 27 heteroatoms. The molecule has 0 radical (unpaired) electrons. The number of hydrogen-bond donors (Lipinski definition) is 11. The maximum atomic E-state index is 13.9. The zero-order chi connectivity index (χ0) is 52.2. The number of carbonyl (C=O) groups is 6. The number of hydrogen-bond acceptors (Lipinski definition) is 17. The average molecular weight is 1010 g/mol. The largest absolute Gasteiger partial charge is 0.746 e. The Morgan fingerprint density at radius 2 is 1.63 bits per heavy atom. The van der Waals surface area contributed by atoms with E-state index >= 15 is 0 Å². The predicted octanol–water partition coefficient (Wildman–Crippen LogP) is -1.54. The first-order chi connectivity index (χ1) is 32.9. The highest BCUT2D eigenvalue weighted by Gasteiger charge is 2.39. The molecule has 0 saturated carbocycles. The Labute approximate surface area is 405 Å². The monoisotopic (exact) mass is 1010 g/mol. The molecule has 1 heterocycles. The molecule has 26 nitrogen and oxygen atoms in total. The molecule has 2 aromatic carbocycles. The molecule has 0 spiro atoms. The lowest BCUT2D eigenvalue weighted by Gasteiger charge is -2.30. The van der Waals surface area contributed by atoms with Gasteiger partial charge < -0.3 is 82.8 Å². The summed E-state index contributed by atoms with van der Waals surface area (Å²) in [5.41, 5.74) is 22.8. The number of aliphatic carboxylic acids is 1. The number of quaternary nitrogens is 1. The lowest BCUT2D eigenvalue weighted by Crippen LogP contribution is -2.58. The summed E-state index contributed by atoms with van der Waals surface area (Å²) < 4.78 is 22.6. The molecule has 0 bridgehead atoms. The number of aliphatic imine (C=N–C) groups is 1. The lowest BCUT2D eigenvalue weighted by atomic mass is 10.0. The number of carboxylic acid groups (broad SMARTS) is 1. The summed E-state index contributed by atoms with van der Waals surface area (Å²) in [6, 6.07) is 3.26. The van der Waals surface area contributed by atoms with Gasteiger partial charge in [-0.05, 0) is 100 Å². The number of rotatable bonds is 29. The number of aliphatic hydroxyl groups excluding tert-OH is 1. The maximum absolute atomic E-state index is 13.9. The third-order valence-electron chi connectivity index (χ3n) is 10.7. The minimum absolute atomic E-state index is 0.0126. The van der Waals surface area contributed by atoms with Gasteiger partial charge >= 0.3 is 13.8 Å². The molecule has 70 heavy (non-hydrogen) atoms. The highest BCUT2D eigenvalue weighted by atomic mass is 31.2. The van der Waals surface area contributed by atoms with E-state index in [0.717, 1.165) is 0 Å². The fourth-order valence-corrected chi connectivity index (χ4v) is 7.53. The van der Waals surface area contributed by atoms with Crippen molar-refractivity contribution in [3.63, 3.8) is 0 Å². The first kappa shape index (κ1) is 58.0. The minimum Gasteiger partial charge on any atom is -0.746 e. The lowest BCUT2D eigenvalue weighted by molar-refractivity contribution is -0.870. The molecule has 1 unspecified atom stereocenters. The third-order valence-corrected chi connectivity index (χ3v) is 11.6. The number of likely N-dealkylation sites (N-methyl/N-ethyl adjacent to an activating group) is 1. The number of phosphoric acid groups is 1. The van der Waals surface area contributed by atoms with Crippen LogP contribution in [0.5, 0.6) is 11.5 Å². The van der Waals surface area contributed by atoms with Crippen molar-refractivity contribution in [2.75, 3.05) is 60.5 Å². The third kappa shape index (κ3) is 20.4. The molecule has 1 fully saturated rings. The van der Waals surface area contributed by atoms with E-state index in [0.29, 0.717) is 42.4 Å². The van der Waals surface area contributed by atoms with E-state index in [-0.39, 0.29) is 80.6 Å². The van der Waals surface area contributed by atoms with Gasteiger partial charge in [0.1, 0.15) is 60.5 Å². The van der Waals surface area contributed by atoms with Crippen molar-refractivity contribution in [1.29, 1.82) is 0 Å². The number of phenols is 1. The van der Waals surface area contributed by atoms with Gasteiger partial charge in [0.25, 0.3) is 0 Å². The van der Waals surface area contributed by atoms with Crippen molar-refractivity contribution >= 4 is 60.7 Å². The molecule has 15 N–H and O–H groups in total. The molecule has 7 atom stereocenters. The summed E-state index contributed by atoms with van der Waals surface area (Å²) in [7, 11) is 0.983. The Morgan fingerprint density at radius 3 is 2.26 bits per heavy atom. The highest BCUT2D eigenvalue weighted by Crippen LogP contribution is 2.40. The standard InChI is InChI=1S/C43H68N13O13P/c1-26(57)37(45)40(62)52-31(9-5-6-18-44)41(63)55-20-8-11-34(55)39(61)51-30(10-7-19-48-43(46)47)38(60)49-25-36(59)50-33(42(64)65)24-27-12-17-35(58)32(23-27)54-53-28-13-15-29(16-14-28)69-70(66,67)68-22-21-56(2,3)4/h12-17,23,26,30-31,33-34,37,57H,5-11,18-22,24-25,44-45H2,1-4H3,(H10-,46,47,48,49,50,51,52,53,58,59,60,61,62,64,65,66,67)/t26-,30+,31+,33+,34+,37+/m1/s1. The van der Waals surface area contributed by atoms with Crippen LogP contribution in [0.2, 0.25) is 0 Å². The van der Waals surface area contributed by atoms with Crippen LogP contribution in [0.4, 0.5) is 11.4 Å². The minimum atomic E-state index is -4.65. The summed E-state index contributed by atoms with van der Waals surface area (Å²) in [4.78, 5) is 96.8. The molecule has 3 rings (SSSR count). The SMILES string of the molecule is C[C@@H](O)[C@H](N)C(=O)N[C@@H](CCCCN)C(=O)N1CCC[C@H]1C(=O)N[C@@H](CCCN=C(N)N)C(=O)NCC(=O)N[C@@H](Cc1ccc(O)c(N=Nc2ccc(OP(=O)([O-])OCC[N+](C)(C)C)cc2)c1)C(=O)O. The number of likely N-dealkylation sites (tertiary alicyclic amines) is 1. The van der Waals surface area contributed by atoms with Crippen LogP contribution >= 0.6 is 7.82 Å². The van der Waals surface area contributed by atoms with Crippen molar-refractivity contribution < 1.29 is 67.1 Å². The van der Waals surface area contributed by atoms with Crippen LogP contribution in [0.25, 0.3) is 0 Å². The van der Waals surface area contributed by atoms with E-state index < -0.39 is 86.2 Å². The molecule has 1 aliphatic heterocycles. The van der Waals surface area contributed by atoms with Crippen LogP contribution in [0.3, 0.4) is 0 Å². The Bertz CT molecular complexity index is 2200. The second-order valence-electron chi connectivity index (χ2n) is 17.6. The van der Waals surface area contributed by atoms with E-state index in [1.165, 1.54) is 54.3 Å². The van der Waals surface area contributed by atoms with Gasteiger partial charge in [-0.15, -0.1) is 5.11 Å². The van der Waals surface area contributed by atoms with Crippen LogP contribution in [-0.4, -0.2) is 163 Å². The number of phosphoric ester groups is 1. The van der Waals surface area contributed by atoms with E-state index in [1.54, 1.807) is 0 Å². The van der Waals surface area contributed by atoms with Gasteiger partial charge in [0.05, 0.1) is 39.5 Å². The number of unbranched alkanes of at least 4 members (excludes halogenated alkanes) is 1. The number of aliphatic hydroxyl groups is 1. The van der Waals surface area contributed by atoms with Crippen LogP contribution in [0.15, 0.2) is 57.7 Å². The molecule has 1 aliphatic rings. The van der Waals surface area contributed by atoms with Crippen LogP contribution < -0.4 is 53.6 Å². The summed E-state index contributed by atoms with van der Waals surface area (Å²) >= 11 is 0. The number of aromatic hydroxyl groups is 1. The van der Waals surface area contributed by atoms with Gasteiger partial charge in [-0.25, -0.2) is 4.79 Å². The van der Waals surface area contributed by atoms with E-state index in [9.17, 15) is 53.5 Å². The van der Waals surface area contributed by atoms with Gasteiger partial charge in [0.2, 0.25) is 29.5 Å². The molecule has 0 aromatic heterocycles. The number of carboxylic acids is 1. The number of guanidine groups is 1. The number of azo groups is 1. The number of phenolic OH excluding ortho intramolecular Hbond substituents is 1. The van der Waals surface area contributed by atoms with Crippen molar-refractivity contribution in [1.82, 2.24) is 26.2 Å². The second-order valence-corrected chi connectivity index (χ2v) is 18.9. The van der Waals surface area contributed by atoms with E-state index in [1.807, 2.05) is 21.1 Å². The second kappa shape index (κ2) is 27.8. The molecule has 5 amide bonds. The van der Waals surface area contributed by atoms with Crippen molar-refractivity contribution in [3.05, 3.63) is 48.0 Å². The molecular weight excluding hydrogens is 938 g/mol. The van der Waals surface area contributed by atoms with Gasteiger partial charge in [-0.1, -0.05) is 6.07 Å². The van der Waals surface area contributed by atoms with Gasteiger partial charge in [0, 0.05) is 19.5 Å². The van der Waals surface area contributed by atoms with Crippen molar-refractivity contribution in [2.45, 2.75) is 94.6 Å². The summed E-state index contributed by atoms with van der Waals surface area (Å²) in [6.45, 7) is 1.57. The molecule has 0 aliphatic carbocycles. The van der Waals surface area contributed by atoms with Crippen LogP contribution in [0, 0.1) is 0 Å². The summed E-state index contributed by atoms with van der Waals surface area (Å²) in [5.74, 6) is -5.67. The Hall–Kier alpha value is -6.28. The first-order valence-corrected chi connectivity index (χ1v) is 24.0. The first-order valence-electron chi connectivity index (χ1n) is 22.6. The molecule has 388 valence electrons. The molecule has 2 aromatic rings. The summed E-state index contributed by atoms with van der Waals surface area (Å²) in [5, 5.41) is 48.4. The fraction of sp³-hybridized carbons (Fsp3) is 0.558. The number of nitrogens with zero attached hydrogens (tertiary/aromatic N) is 5. The maximum Gasteiger partial charge on any atom is 0.326 e. The topological polar surface area (TPSA) is 414 Å². The molecular formula is C43H68N13O13P. The zero-order valence-electron chi connectivity index (χ0n) is 39.8. The fourth-order valence-electron chi connectivity index (χ4n) is 6.80. The number of nitrogens with one attached hydrogen (secondary N) is 4. The zero-order valence-corrected chi connectivity index (χ0v) is 40.7. The van der Waals surface area contributed by atoms with Gasteiger partial charge in [-0.2, -0.15) is 5.11 Å². The van der Waals surface area contributed by atoms with Crippen molar-refractivity contribution in [2.24, 2.45) is 38.2 Å². The normalized spacial score (nSPS) is 16.7. The number of benzene rings is 2. The van der Waals surface area contributed by atoms with E-state index in [4.69, 9.17) is 32.0 Å². The summed E-state index contributed by atoms with van der Waals surface area (Å²) in [6.07, 6.45) is 0.563. The van der Waals surface area contributed by atoms with E-state index in [2.05, 4.69) is 36.5 Å². The van der Waals surface area contributed by atoms with Crippen LogP contribution in [-0.2, 0) is 44.3 Å².